The van der Waals surface area contributed by atoms with E-state index in [-0.39, 0.29) is 21.1 Å². The zero-order chi connectivity index (χ0) is 9.00. The van der Waals surface area contributed by atoms with E-state index in [2.05, 4.69) is 0 Å². The van der Waals surface area contributed by atoms with Gasteiger partial charge in [-0.25, -0.2) is 0 Å². The second-order valence-corrected chi connectivity index (χ2v) is 3.37. The first-order chi connectivity index (χ1) is 4.00. The van der Waals surface area contributed by atoms with Gasteiger partial charge in [-0.1, -0.05) is 0 Å². The van der Waals surface area contributed by atoms with Crippen molar-refractivity contribution in [2.45, 2.75) is 0 Å². The zero-order valence-corrected chi connectivity index (χ0v) is 9.05. The van der Waals surface area contributed by atoms with Crippen LogP contribution in [-0.2, 0) is 63.5 Å². The summed E-state index contributed by atoms with van der Waals surface area (Å²) in [5.41, 5.74) is 0. The van der Waals surface area contributed by atoms with Gasteiger partial charge >= 0.3 is 80.1 Å². The van der Waals surface area contributed by atoms with Gasteiger partial charge in [-0.15, -0.1) is 0 Å². The average Bonchev–Trinajstić information content (AvgIpc) is 1.12. The Morgan fingerprint density at radius 1 is 0.636 bits per heavy atom. The van der Waals surface area contributed by atoms with Crippen molar-refractivity contribution in [3.05, 3.63) is 0 Å². The van der Waals surface area contributed by atoms with Crippen molar-refractivity contribution in [3.63, 3.8) is 0 Å². The van der Waals surface area contributed by atoms with Crippen molar-refractivity contribution in [2.75, 3.05) is 0 Å². The van der Waals surface area contributed by atoms with Gasteiger partial charge < -0.3 is 0 Å². The Morgan fingerprint density at radius 3 is 0.636 bits per heavy atom. The topological polar surface area (TPSA) is 161 Å². The van der Waals surface area contributed by atoms with E-state index >= 15 is 0 Å². The quantitative estimate of drug-likeness (QED) is 0.399. The van der Waals surface area contributed by atoms with Crippen LogP contribution in [0.25, 0.3) is 0 Å². The molecule has 0 unspecified atom stereocenters. The van der Waals surface area contributed by atoms with E-state index in [0.717, 1.165) is 0 Å². The summed E-state index contributed by atoms with van der Waals surface area (Å²) in [4.78, 5) is 0. The molecule has 0 radical (unpaired) electrons. The molecule has 0 spiro atoms. The number of hydrogen-bond donors (Lipinski definition) is 0. The number of hydrogen-bond acceptors (Lipinski definition) is 8. The predicted molar refractivity (Wildman–Crippen MR) is 2.75 cm³/mol. The van der Waals surface area contributed by atoms with Crippen LogP contribution in [0.15, 0.2) is 0 Å². The molecule has 0 heterocycles. The van der Waals surface area contributed by atoms with E-state index in [1.807, 2.05) is 0 Å². The molecule has 0 aromatic rings. The summed E-state index contributed by atoms with van der Waals surface area (Å²) >= 11 is -11.5. The van der Waals surface area contributed by atoms with Crippen LogP contribution in [0, 0.1) is 0 Å². The molecule has 0 atom stereocenters. The van der Waals surface area contributed by atoms with Gasteiger partial charge in [0, 0.05) is 0 Å². The second-order valence-electron chi connectivity index (χ2n) is 0.816. The maximum absolute atomic E-state index is 8.59. The van der Waals surface area contributed by atoms with E-state index in [1.165, 1.54) is 0 Å². The molecule has 0 amide bonds. The molecular formula is Cr2MoO8. The van der Waals surface area contributed by atoms with Crippen LogP contribution in [-0.4, -0.2) is 0 Å². The summed E-state index contributed by atoms with van der Waals surface area (Å²) in [6.45, 7) is 0. The van der Waals surface area contributed by atoms with Gasteiger partial charge in [0.15, 0.2) is 0 Å². The van der Waals surface area contributed by atoms with E-state index < -0.39 is 27.2 Å². The Bertz CT molecular complexity index is 208. The van der Waals surface area contributed by atoms with Gasteiger partial charge in [0.25, 0.3) is 0 Å². The molecule has 0 aromatic carbocycles. The molecule has 8 nitrogen and oxygen atoms in total. The second kappa shape index (κ2) is 6.32. The van der Waals surface area contributed by atoms with Gasteiger partial charge in [0.1, 0.15) is 0 Å². The SMILES string of the molecule is [Mo+4].[O]=[Cr](=[O])([O-])[O-].[O]=[Cr](=[O])([O-])[O-]. The monoisotopic (exact) mass is 330 g/mol. The molecule has 0 aliphatic rings. The van der Waals surface area contributed by atoms with E-state index in [1.54, 1.807) is 0 Å². The third-order valence-corrected chi connectivity index (χ3v) is 0. The van der Waals surface area contributed by atoms with E-state index in [9.17, 15) is 0 Å². The Morgan fingerprint density at radius 2 is 0.636 bits per heavy atom. The van der Waals surface area contributed by atoms with Crippen LogP contribution in [0.4, 0.5) is 0 Å². The molecule has 11 heavy (non-hydrogen) atoms. The molecular weight excluding hydrogens is 328 g/mol. The van der Waals surface area contributed by atoms with Crippen molar-refractivity contribution in [3.8, 4) is 0 Å². The summed E-state index contributed by atoms with van der Waals surface area (Å²) in [6, 6.07) is 0. The van der Waals surface area contributed by atoms with Gasteiger partial charge in [-0.3, -0.25) is 0 Å². The molecule has 0 saturated heterocycles. The normalized spacial score (nSPS) is 10.5. The first-order valence-corrected chi connectivity index (χ1v) is 5.50. The van der Waals surface area contributed by atoms with Gasteiger partial charge in [0.2, 0.25) is 0 Å². The van der Waals surface area contributed by atoms with Crippen LogP contribution >= 0.6 is 0 Å². The third-order valence-electron chi connectivity index (χ3n) is 0. The van der Waals surface area contributed by atoms with Crippen molar-refractivity contribution < 1.29 is 80.1 Å². The fraction of sp³-hybridized carbons (Fsp3) is 0. The van der Waals surface area contributed by atoms with Crippen LogP contribution in [0.1, 0.15) is 0 Å². The predicted octanol–water partition coefficient (Wildman–Crippen LogP) is -5.24. The number of rotatable bonds is 0. The van der Waals surface area contributed by atoms with Crippen molar-refractivity contribution in [2.24, 2.45) is 0 Å². The Kier molecular flexibility index (Phi) is 10.2. The molecule has 0 rings (SSSR count). The Hall–Kier alpha value is 0.793. The molecule has 0 bridgehead atoms. The van der Waals surface area contributed by atoms with Crippen molar-refractivity contribution in [1.29, 1.82) is 0 Å². The zero-order valence-electron chi connectivity index (χ0n) is 4.49. The fourth-order valence-corrected chi connectivity index (χ4v) is 0. The van der Waals surface area contributed by atoms with E-state index in [0.29, 0.717) is 0 Å². The van der Waals surface area contributed by atoms with Crippen molar-refractivity contribution >= 4 is 0 Å². The summed E-state index contributed by atoms with van der Waals surface area (Å²) < 4.78 is 68.8. The molecule has 0 aromatic heterocycles. The third kappa shape index (κ3) is 1330. The molecule has 0 aliphatic heterocycles. The van der Waals surface area contributed by atoms with Gasteiger partial charge in [-0.2, -0.15) is 0 Å². The molecule has 0 N–H and O–H groups in total. The van der Waals surface area contributed by atoms with Gasteiger partial charge in [-0.05, 0) is 0 Å². The minimum absolute atomic E-state index is 0. The summed E-state index contributed by atoms with van der Waals surface area (Å²) in [6.07, 6.45) is 0. The molecule has 66 valence electrons. The van der Waals surface area contributed by atoms with Crippen LogP contribution in [0.3, 0.4) is 0 Å². The molecule has 0 fully saturated rings. The van der Waals surface area contributed by atoms with Crippen LogP contribution in [0.2, 0.25) is 0 Å². The summed E-state index contributed by atoms with van der Waals surface area (Å²) in [7, 11) is 0. The standard InChI is InChI=1S/2Cr.Mo.8O/q;;+4;;;;;4*-1. The first kappa shape index (κ1) is 17.8. The average molecular weight is 328 g/mol. The van der Waals surface area contributed by atoms with E-state index in [4.69, 9.17) is 31.8 Å². The van der Waals surface area contributed by atoms with Crippen LogP contribution in [0.5, 0.6) is 0 Å². The Balaban J connectivity index is -0.000000107. The summed E-state index contributed by atoms with van der Waals surface area (Å²) in [5, 5.41) is 0. The van der Waals surface area contributed by atoms with Gasteiger partial charge in [0.05, 0.1) is 0 Å². The summed E-state index contributed by atoms with van der Waals surface area (Å²) in [5.74, 6) is 0. The molecule has 11 heteroatoms. The van der Waals surface area contributed by atoms with Crippen molar-refractivity contribution in [1.82, 2.24) is 0 Å². The minimum atomic E-state index is -5.75. The first-order valence-electron chi connectivity index (χ1n) is 1.33. The Labute approximate surface area is 79.9 Å². The van der Waals surface area contributed by atoms with Crippen LogP contribution < -0.4 is 16.6 Å². The maximum atomic E-state index is 8.59. The fourth-order valence-electron chi connectivity index (χ4n) is 0. The molecule has 0 saturated carbocycles. The molecule has 0 aliphatic carbocycles.